The number of halogens is 1. The van der Waals surface area contributed by atoms with Crippen LogP contribution in [0.25, 0.3) is 0 Å². The van der Waals surface area contributed by atoms with Crippen molar-refractivity contribution < 1.29 is 9.53 Å². The number of carbonyl (C=O) groups excluding carboxylic acids is 1. The third-order valence-corrected chi connectivity index (χ3v) is 2.26. The van der Waals surface area contributed by atoms with Crippen molar-refractivity contribution >= 4 is 23.8 Å². The number of nitrogens with zero attached hydrogens (tertiary/aromatic N) is 1. The number of hydrogen-bond donors (Lipinski definition) is 0. The summed E-state index contributed by atoms with van der Waals surface area (Å²) in [4.78, 5) is 15.6. The van der Waals surface area contributed by atoms with Gasteiger partial charge < -0.3 is 4.74 Å². The van der Waals surface area contributed by atoms with Gasteiger partial charge >= 0.3 is 5.97 Å². The third-order valence-electron chi connectivity index (χ3n) is 2.01. The number of benzene rings is 1. The molecule has 0 heterocycles. The molecule has 0 saturated carbocycles. The molecule has 0 N–H and O–H groups in total. The summed E-state index contributed by atoms with van der Waals surface area (Å²) in [7, 11) is 0. The summed E-state index contributed by atoms with van der Waals surface area (Å²) >= 11 is 5.76. The molecule has 1 rings (SSSR count). The quantitative estimate of drug-likeness (QED) is 0.611. The van der Waals surface area contributed by atoms with Gasteiger partial charge in [0.1, 0.15) is 6.04 Å². The lowest BCUT2D eigenvalue weighted by molar-refractivity contribution is -0.148. The van der Waals surface area contributed by atoms with Crippen molar-refractivity contribution in [1.82, 2.24) is 0 Å². The van der Waals surface area contributed by atoms with Gasteiger partial charge in [0.25, 0.3) is 0 Å². The lowest BCUT2D eigenvalue weighted by atomic mass is 10.2. The molecule has 0 amide bonds. The molecule has 0 fully saturated rings. The Bertz CT molecular complexity index is 398. The van der Waals surface area contributed by atoms with Crippen molar-refractivity contribution in [3.05, 3.63) is 34.9 Å². The summed E-state index contributed by atoms with van der Waals surface area (Å²) in [5, 5.41) is 0.675. The highest BCUT2D eigenvalue weighted by molar-refractivity contribution is 6.30. The van der Waals surface area contributed by atoms with E-state index in [-0.39, 0.29) is 12.1 Å². The highest BCUT2D eigenvalue weighted by Gasteiger charge is 2.13. The normalized spacial score (nSPS) is 13.0. The molecule has 0 unspecified atom stereocenters. The fourth-order valence-corrected chi connectivity index (χ4v) is 1.26. The van der Waals surface area contributed by atoms with Gasteiger partial charge in [0, 0.05) is 11.2 Å². The number of carbonyl (C=O) groups is 1. The first kappa shape index (κ1) is 13.7. The van der Waals surface area contributed by atoms with Crippen LogP contribution in [0.5, 0.6) is 0 Å². The molecule has 1 atom stereocenters. The highest BCUT2D eigenvalue weighted by Crippen LogP contribution is 2.08. The Labute approximate surface area is 106 Å². The maximum atomic E-state index is 11.5. The average Bonchev–Trinajstić information content (AvgIpc) is 2.27. The molecular weight excluding hydrogens is 238 g/mol. The van der Waals surface area contributed by atoms with Gasteiger partial charge in [0.05, 0.1) is 6.10 Å². The van der Waals surface area contributed by atoms with E-state index in [1.165, 1.54) is 0 Å². The Kier molecular flexibility index (Phi) is 5.16. The fourth-order valence-electron chi connectivity index (χ4n) is 1.14. The van der Waals surface area contributed by atoms with E-state index in [1.54, 1.807) is 25.3 Å². The summed E-state index contributed by atoms with van der Waals surface area (Å²) in [6.07, 6.45) is 1.53. The number of esters is 1. The molecular formula is C13H16ClNO2. The first-order valence-corrected chi connectivity index (χ1v) is 5.86. The smallest absolute Gasteiger partial charge is 0.330 e. The van der Waals surface area contributed by atoms with E-state index in [2.05, 4.69) is 4.99 Å². The first-order chi connectivity index (χ1) is 7.99. The van der Waals surface area contributed by atoms with Crippen LogP contribution in [0.3, 0.4) is 0 Å². The van der Waals surface area contributed by atoms with Gasteiger partial charge in [0.2, 0.25) is 0 Å². The molecule has 0 spiro atoms. The topological polar surface area (TPSA) is 38.7 Å². The van der Waals surface area contributed by atoms with Crippen LogP contribution in [0.15, 0.2) is 29.3 Å². The van der Waals surface area contributed by atoms with Gasteiger partial charge in [-0.2, -0.15) is 0 Å². The molecule has 0 aliphatic carbocycles. The van der Waals surface area contributed by atoms with E-state index < -0.39 is 6.04 Å². The summed E-state index contributed by atoms with van der Waals surface area (Å²) in [6.45, 7) is 5.33. The molecule has 0 aliphatic heterocycles. The predicted molar refractivity (Wildman–Crippen MR) is 69.7 cm³/mol. The highest BCUT2D eigenvalue weighted by atomic mass is 35.5. The summed E-state index contributed by atoms with van der Waals surface area (Å²) in [6, 6.07) is 6.74. The molecule has 0 radical (unpaired) electrons. The average molecular weight is 254 g/mol. The van der Waals surface area contributed by atoms with Crippen LogP contribution in [0.4, 0.5) is 0 Å². The molecule has 1 aromatic rings. The van der Waals surface area contributed by atoms with Crippen molar-refractivity contribution in [2.45, 2.75) is 32.9 Å². The monoisotopic (exact) mass is 253 g/mol. The van der Waals surface area contributed by atoms with Crippen molar-refractivity contribution in [1.29, 1.82) is 0 Å². The maximum Gasteiger partial charge on any atom is 0.330 e. The van der Waals surface area contributed by atoms with Crippen LogP contribution in [0.2, 0.25) is 5.02 Å². The molecule has 1 aromatic carbocycles. The summed E-state index contributed by atoms with van der Waals surface area (Å²) < 4.78 is 5.05. The van der Waals surface area contributed by atoms with E-state index in [9.17, 15) is 4.79 Å². The molecule has 0 aliphatic rings. The molecule has 17 heavy (non-hydrogen) atoms. The van der Waals surface area contributed by atoms with Crippen molar-refractivity contribution in [2.75, 3.05) is 0 Å². The van der Waals surface area contributed by atoms with E-state index in [1.807, 2.05) is 26.0 Å². The van der Waals surface area contributed by atoms with Gasteiger partial charge in [-0.1, -0.05) is 23.7 Å². The van der Waals surface area contributed by atoms with Gasteiger partial charge in [-0.15, -0.1) is 0 Å². The minimum atomic E-state index is -0.493. The van der Waals surface area contributed by atoms with Gasteiger partial charge in [0.15, 0.2) is 0 Å². The van der Waals surface area contributed by atoms with Crippen LogP contribution in [0, 0.1) is 0 Å². The Hall–Kier alpha value is -1.35. The Morgan fingerprint density at radius 1 is 1.29 bits per heavy atom. The van der Waals surface area contributed by atoms with Crippen LogP contribution in [0.1, 0.15) is 26.3 Å². The van der Waals surface area contributed by atoms with Gasteiger partial charge in [-0.05, 0) is 38.5 Å². The van der Waals surface area contributed by atoms with Crippen LogP contribution < -0.4 is 0 Å². The van der Waals surface area contributed by atoms with E-state index in [4.69, 9.17) is 16.3 Å². The molecule has 3 nitrogen and oxygen atoms in total. The van der Waals surface area contributed by atoms with Gasteiger partial charge in [-0.25, -0.2) is 4.79 Å². The largest absolute Gasteiger partial charge is 0.461 e. The second-order valence-corrected chi connectivity index (χ2v) is 4.43. The molecule has 0 saturated heterocycles. The Morgan fingerprint density at radius 3 is 2.41 bits per heavy atom. The minimum Gasteiger partial charge on any atom is -0.461 e. The molecule has 4 heteroatoms. The van der Waals surface area contributed by atoms with Crippen LogP contribution >= 0.6 is 11.6 Å². The van der Waals surface area contributed by atoms with Crippen LogP contribution in [-0.4, -0.2) is 24.3 Å². The second kappa shape index (κ2) is 6.40. The maximum absolute atomic E-state index is 11.5. The van der Waals surface area contributed by atoms with E-state index in [0.717, 1.165) is 5.56 Å². The summed E-state index contributed by atoms with van der Waals surface area (Å²) in [5.41, 5.74) is 0.901. The zero-order chi connectivity index (χ0) is 12.8. The number of ether oxygens (including phenoxy) is 1. The third kappa shape index (κ3) is 5.00. The number of aliphatic imine (C=N–C) groups is 1. The first-order valence-electron chi connectivity index (χ1n) is 5.48. The lowest BCUT2D eigenvalue weighted by Gasteiger charge is -2.10. The second-order valence-electron chi connectivity index (χ2n) is 3.99. The van der Waals surface area contributed by atoms with E-state index in [0.29, 0.717) is 5.02 Å². The van der Waals surface area contributed by atoms with E-state index >= 15 is 0 Å². The Morgan fingerprint density at radius 2 is 1.88 bits per heavy atom. The van der Waals surface area contributed by atoms with Crippen molar-refractivity contribution in [3.8, 4) is 0 Å². The number of rotatable bonds is 4. The fraction of sp³-hybridized carbons (Fsp3) is 0.385. The number of hydrogen-bond acceptors (Lipinski definition) is 3. The lowest BCUT2D eigenvalue weighted by Crippen LogP contribution is -2.21. The minimum absolute atomic E-state index is 0.115. The van der Waals surface area contributed by atoms with Crippen molar-refractivity contribution in [2.24, 2.45) is 4.99 Å². The van der Waals surface area contributed by atoms with Crippen molar-refractivity contribution in [3.63, 3.8) is 0 Å². The van der Waals surface area contributed by atoms with Gasteiger partial charge in [-0.3, -0.25) is 4.99 Å². The Balaban J connectivity index is 2.58. The molecule has 92 valence electrons. The molecule has 0 aromatic heterocycles. The zero-order valence-electron chi connectivity index (χ0n) is 10.2. The predicted octanol–water partition coefficient (Wildman–Crippen LogP) is 3.10. The standard InChI is InChI=1S/C13H16ClNO2/c1-9(2)17-13(16)10(3)15-8-11-4-6-12(14)7-5-11/h4-10H,1-3H3/t10-/m1/s1. The van der Waals surface area contributed by atoms with Crippen LogP contribution in [-0.2, 0) is 9.53 Å². The zero-order valence-corrected chi connectivity index (χ0v) is 10.9. The molecule has 0 bridgehead atoms. The summed E-state index contributed by atoms with van der Waals surface area (Å²) in [5.74, 6) is -0.315. The SMILES string of the molecule is CC(C)OC(=O)[C@@H](C)N=Cc1ccc(Cl)cc1.